The summed E-state index contributed by atoms with van der Waals surface area (Å²) in [5.74, 6) is -0.703. The highest BCUT2D eigenvalue weighted by molar-refractivity contribution is 6.35. The molecule has 1 aromatic carbocycles. The first kappa shape index (κ1) is 19.7. The van der Waals surface area contributed by atoms with Gasteiger partial charge in [-0.25, -0.2) is 14.2 Å². The van der Waals surface area contributed by atoms with E-state index < -0.39 is 29.1 Å². The maximum atomic E-state index is 13.0. The minimum Gasteiger partial charge on any atom is -0.462 e. The highest BCUT2D eigenvalue weighted by Crippen LogP contribution is 2.32. The summed E-state index contributed by atoms with van der Waals surface area (Å²) in [4.78, 5) is 36.7. The van der Waals surface area contributed by atoms with Gasteiger partial charge in [0.05, 0.1) is 17.2 Å². The van der Waals surface area contributed by atoms with E-state index in [0.29, 0.717) is 15.2 Å². The van der Waals surface area contributed by atoms with Crippen molar-refractivity contribution >= 4 is 28.5 Å². The maximum Gasteiger partial charge on any atom is 0.431 e. The molecule has 3 rings (SSSR count). The molecule has 0 spiro atoms. The number of alkyl halides is 3. The fraction of sp³-hybridized carbons (Fsp3) is 0.235. The van der Waals surface area contributed by atoms with Gasteiger partial charge in [0, 0.05) is 18.5 Å². The van der Waals surface area contributed by atoms with Gasteiger partial charge < -0.3 is 9.15 Å². The lowest BCUT2D eigenvalue weighted by Crippen LogP contribution is -2.40. The SMILES string of the molecule is CCOC(=O)c1cc(Cl)c2occ(-n3c(=O)cc(C(F)(F)F)n(C)c3=O)c2c1. The highest BCUT2D eigenvalue weighted by atomic mass is 35.5. The molecule has 148 valence electrons. The summed E-state index contributed by atoms with van der Waals surface area (Å²) in [6, 6.07) is 2.86. The zero-order valence-electron chi connectivity index (χ0n) is 14.5. The lowest BCUT2D eigenvalue weighted by molar-refractivity contribution is -0.144. The molecule has 0 atom stereocenters. The van der Waals surface area contributed by atoms with Crippen LogP contribution in [0, 0.1) is 0 Å². The topological polar surface area (TPSA) is 83.4 Å². The van der Waals surface area contributed by atoms with Crippen LogP contribution in [0.3, 0.4) is 0 Å². The van der Waals surface area contributed by atoms with Crippen LogP contribution >= 0.6 is 11.6 Å². The number of esters is 1. The van der Waals surface area contributed by atoms with Gasteiger partial charge in [-0.3, -0.25) is 9.36 Å². The molecule has 0 saturated carbocycles. The molecule has 7 nitrogen and oxygen atoms in total. The molecular formula is C17H12ClF3N2O5. The molecule has 0 N–H and O–H groups in total. The number of rotatable bonds is 3. The van der Waals surface area contributed by atoms with E-state index in [-0.39, 0.29) is 33.8 Å². The Hall–Kier alpha value is -3.01. The molecule has 0 unspecified atom stereocenters. The van der Waals surface area contributed by atoms with Gasteiger partial charge in [0.15, 0.2) is 5.58 Å². The van der Waals surface area contributed by atoms with E-state index in [4.69, 9.17) is 20.8 Å². The van der Waals surface area contributed by atoms with Crippen molar-refractivity contribution in [1.29, 1.82) is 0 Å². The van der Waals surface area contributed by atoms with Gasteiger partial charge in [0.2, 0.25) is 0 Å². The van der Waals surface area contributed by atoms with Crippen LogP contribution in [-0.4, -0.2) is 21.7 Å². The summed E-state index contributed by atoms with van der Waals surface area (Å²) in [7, 11) is 0.889. The molecule has 28 heavy (non-hydrogen) atoms. The Labute approximate surface area is 159 Å². The number of carbonyl (C=O) groups excluding carboxylic acids is 1. The second-order valence-electron chi connectivity index (χ2n) is 5.72. The van der Waals surface area contributed by atoms with E-state index >= 15 is 0 Å². The van der Waals surface area contributed by atoms with Gasteiger partial charge in [0.1, 0.15) is 17.6 Å². The second-order valence-corrected chi connectivity index (χ2v) is 6.13. The predicted molar refractivity (Wildman–Crippen MR) is 93.0 cm³/mol. The summed E-state index contributed by atoms with van der Waals surface area (Å²) in [6.45, 7) is 1.71. The number of nitrogens with zero attached hydrogens (tertiary/aromatic N) is 2. The van der Waals surface area contributed by atoms with Gasteiger partial charge in [-0.1, -0.05) is 11.6 Å². The molecule has 0 aliphatic carbocycles. The number of ether oxygens (including phenoxy) is 1. The molecule has 2 heterocycles. The zero-order valence-corrected chi connectivity index (χ0v) is 15.2. The summed E-state index contributed by atoms with van der Waals surface area (Å²) in [5, 5.41) is 0.0955. The predicted octanol–water partition coefficient (Wildman–Crippen LogP) is 3.13. The minimum atomic E-state index is -4.88. The lowest BCUT2D eigenvalue weighted by Gasteiger charge is -2.13. The van der Waals surface area contributed by atoms with Crippen molar-refractivity contribution in [3.8, 4) is 5.69 Å². The molecular weight excluding hydrogens is 405 g/mol. The number of aromatic nitrogens is 2. The van der Waals surface area contributed by atoms with Crippen molar-refractivity contribution in [2.24, 2.45) is 7.05 Å². The molecule has 3 aromatic rings. The van der Waals surface area contributed by atoms with Gasteiger partial charge in [0.25, 0.3) is 5.56 Å². The molecule has 0 fully saturated rings. The van der Waals surface area contributed by atoms with Crippen molar-refractivity contribution in [3.05, 3.63) is 61.6 Å². The fourth-order valence-corrected chi connectivity index (χ4v) is 2.97. The van der Waals surface area contributed by atoms with E-state index in [1.807, 2.05) is 0 Å². The van der Waals surface area contributed by atoms with Gasteiger partial charge in [-0.2, -0.15) is 13.2 Å². The Kier molecular flexibility index (Phi) is 4.84. The van der Waals surface area contributed by atoms with Crippen LogP contribution in [0.5, 0.6) is 0 Å². The van der Waals surface area contributed by atoms with Crippen LogP contribution in [0.15, 0.2) is 38.5 Å². The number of hydrogen-bond donors (Lipinski definition) is 0. The van der Waals surface area contributed by atoms with Crippen LogP contribution in [-0.2, 0) is 18.0 Å². The van der Waals surface area contributed by atoms with Crippen molar-refractivity contribution in [2.45, 2.75) is 13.1 Å². The zero-order chi connectivity index (χ0) is 20.8. The summed E-state index contributed by atoms with van der Waals surface area (Å²) < 4.78 is 50.0. The molecule has 0 bridgehead atoms. The summed E-state index contributed by atoms with van der Waals surface area (Å²) >= 11 is 6.08. The Morgan fingerprint density at radius 2 is 1.93 bits per heavy atom. The Morgan fingerprint density at radius 1 is 1.25 bits per heavy atom. The first-order valence-corrected chi connectivity index (χ1v) is 8.22. The third-order valence-electron chi connectivity index (χ3n) is 3.97. The summed E-state index contributed by atoms with van der Waals surface area (Å²) in [5.41, 5.74) is -3.91. The first-order chi connectivity index (χ1) is 13.1. The fourth-order valence-electron chi connectivity index (χ4n) is 2.71. The minimum absolute atomic E-state index is 0.00332. The molecule has 0 saturated heterocycles. The van der Waals surface area contributed by atoms with Crippen LogP contribution in [0.25, 0.3) is 16.7 Å². The molecule has 0 radical (unpaired) electrons. The van der Waals surface area contributed by atoms with Crippen molar-refractivity contribution in [3.63, 3.8) is 0 Å². The third-order valence-corrected chi connectivity index (χ3v) is 4.25. The number of halogens is 4. The van der Waals surface area contributed by atoms with E-state index in [0.717, 1.165) is 13.3 Å². The summed E-state index contributed by atoms with van der Waals surface area (Å²) in [6.07, 6.45) is -3.88. The Bertz CT molecular complexity index is 1210. The van der Waals surface area contributed by atoms with Crippen LogP contribution in [0.1, 0.15) is 23.0 Å². The van der Waals surface area contributed by atoms with Gasteiger partial charge >= 0.3 is 17.8 Å². The van der Waals surface area contributed by atoms with Crippen LogP contribution in [0.2, 0.25) is 5.02 Å². The normalized spacial score (nSPS) is 11.8. The van der Waals surface area contributed by atoms with Crippen molar-refractivity contribution in [1.82, 2.24) is 9.13 Å². The van der Waals surface area contributed by atoms with Crippen molar-refractivity contribution in [2.75, 3.05) is 6.61 Å². The molecule has 0 aliphatic rings. The Morgan fingerprint density at radius 3 is 2.54 bits per heavy atom. The van der Waals surface area contributed by atoms with E-state index in [9.17, 15) is 27.6 Å². The molecule has 11 heteroatoms. The largest absolute Gasteiger partial charge is 0.462 e. The molecule has 0 aliphatic heterocycles. The number of carbonyl (C=O) groups is 1. The van der Waals surface area contributed by atoms with Crippen LogP contribution in [0.4, 0.5) is 13.2 Å². The second kappa shape index (κ2) is 6.86. The van der Waals surface area contributed by atoms with E-state index in [1.165, 1.54) is 12.1 Å². The van der Waals surface area contributed by atoms with E-state index in [2.05, 4.69) is 0 Å². The smallest absolute Gasteiger partial charge is 0.431 e. The number of hydrogen-bond acceptors (Lipinski definition) is 5. The maximum absolute atomic E-state index is 13.0. The lowest BCUT2D eigenvalue weighted by atomic mass is 10.1. The Balaban J connectivity index is 2.31. The molecule has 2 aromatic heterocycles. The van der Waals surface area contributed by atoms with Gasteiger partial charge in [-0.05, 0) is 19.1 Å². The van der Waals surface area contributed by atoms with Gasteiger partial charge in [-0.15, -0.1) is 0 Å². The standard InChI is InChI=1S/C17H12ClF3N2O5/c1-3-27-15(25)8-4-9-11(7-28-14(9)10(18)5-8)23-13(24)6-12(17(19,20)21)22(2)16(23)26/h4-7H,3H2,1-2H3. The number of furan rings is 1. The highest BCUT2D eigenvalue weighted by Gasteiger charge is 2.35. The first-order valence-electron chi connectivity index (χ1n) is 7.84. The number of fused-ring (bicyclic) bond motifs is 1. The van der Waals surface area contributed by atoms with Crippen LogP contribution < -0.4 is 11.2 Å². The average Bonchev–Trinajstić information content (AvgIpc) is 3.02. The third kappa shape index (κ3) is 3.19. The number of benzene rings is 1. The molecule has 0 amide bonds. The van der Waals surface area contributed by atoms with Crippen molar-refractivity contribution < 1.29 is 27.1 Å². The average molecular weight is 417 g/mol. The van der Waals surface area contributed by atoms with E-state index in [1.54, 1.807) is 6.92 Å². The quantitative estimate of drug-likeness (QED) is 0.612. The monoisotopic (exact) mass is 416 g/mol.